The maximum atomic E-state index is 17.2. The number of phenols is 4. The number of para-hydroxylation sites is 1. The predicted octanol–water partition coefficient (Wildman–Crippen LogP) is 2.67. The quantitative estimate of drug-likeness (QED) is 0.0488. The minimum atomic E-state index is -2.61. The van der Waals surface area contributed by atoms with Gasteiger partial charge in [-0.25, -0.2) is 4.79 Å². The van der Waals surface area contributed by atoms with Gasteiger partial charge in [-0.2, -0.15) is 0 Å². The molecule has 17 rings (SSSR count). The van der Waals surface area contributed by atoms with E-state index < -0.39 is 315 Å². The molecule has 0 aliphatic carbocycles. The predicted molar refractivity (Wildman–Crippen MR) is 481 cm³/mol. The third-order valence-electron chi connectivity index (χ3n) is 24.4. The first-order valence-electron chi connectivity index (χ1n) is 44.1. The minimum absolute atomic E-state index is 0.0176. The maximum absolute atomic E-state index is 17.2. The minimum Gasteiger partial charge on any atom is -0.508 e. The van der Waals surface area contributed by atoms with E-state index in [1.165, 1.54) is 42.5 Å². The van der Waals surface area contributed by atoms with Crippen molar-refractivity contribution in [1.82, 2.24) is 42.5 Å². The van der Waals surface area contributed by atoms with Gasteiger partial charge in [0.25, 0.3) is 5.91 Å². The van der Waals surface area contributed by atoms with Gasteiger partial charge in [-0.1, -0.05) is 105 Å². The first-order valence-corrected chi connectivity index (χ1v) is 44.9. The fraction of sp³-hybridized carbons (Fsp3) is 0.383. The molecule has 8 aromatic rings. The van der Waals surface area contributed by atoms with Crippen LogP contribution in [0.1, 0.15) is 135 Å². The van der Waals surface area contributed by atoms with E-state index in [0.29, 0.717) is 18.8 Å². The van der Waals surface area contributed by atoms with Gasteiger partial charge >= 0.3 is 5.97 Å². The van der Waals surface area contributed by atoms with E-state index >= 15 is 24.0 Å². The van der Waals surface area contributed by atoms with E-state index in [1.54, 1.807) is 18.2 Å². The Balaban J connectivity index is 0.997. The second-order valence-electron chi connectivity index (χ2n) is 34.7. The number of carbonyl (C=O) groups is 10. The molecule has 0 unspecified atom stereocenters. The first kappa shape index (κ1) is 100. The van der Waals surface area contributed by atoms with E-state index in [2.05, 4.69) is 61.7 Å². The highest BCUT2D eigenvalue weighted by atomic mass is 35.5. The molecule has 25 N–H and O–H groups in total. The molecule has 0 saturated carbocycles. The Morgan fingerprint density at radius 3 is 1.76 bits per heavy atom. The zero-order chi connectivity index (χ0) is 99.5. The molecule has 45 heteroatoms. The number of unbranched alkanes of at least 4 members (excludes halogenated alkanes) is 3. The molecule has 9 amide bonds. The summed E-state index contributed by atoms with van der Waals surface area (Å²) in [5.74, 6) is -20.7. The summed E-state index contributed by atoms with van der Waals surface area (Å²) in [7, 11) is 0. The van der Waals surface area contributed by atoms with Crippen molar-refractivity contribution in [3.8, 4) is 80.1 Å². The van der Waals surface area contributed by atoms with Crippen molar-refractivity contribution < 1.29 is 162 Å². The number of hydrogen-bond acceptors (Lipinski definition) is 33. The summed E-state index contributed by atoms with van der Waals surface area (Å²) < 4.78 is 58.1. The molecule has 3 fully saturated rings. The Labute approximate surface area is 799 Å². The smallest absolute Gasteiger partial charge is 0.330 e. The Hall–Kier alpha value is -13.3. The van der Waals surface area contributed by atoms with Gasteiger partial charge < -0.3 is 168 Å². The summed E-state index contributed by atoms with van der Waals surface area (Å²) in [4.78, 5) is 154. The molecule has 738 valence electrons. The molecular formula is C94H100Cl2N10O33. The molecule has 43 nitrogen and oxygen atoms in total. The SMILES string of the molecule is CC(=O)N[C@H]1[C@H](O[C@@H]2c3ccc(c(Cl)c3)Oc3cc4cc(c3O[C@@H]3O[C@H](C(=O)Nc5ccccc5)[C@@H](O)[C@H](O)[C@H]3NC(=O)CCCCCCC(C)C)Oc3ccc(cc3Cl)C[C@H]3NC(=O)[C@H](N)c5ccc(O)c(c5)Oc5cc(O)cc(c5)[C@H](NC3=O)C(=O)N[C@H]4C(=O)N[C@H]3C(=O)N[C@@H]2C(=O)N[C@H](C(=O)O)c2cc(O)cc(O[C@H]4O[C@H](CO)[C@@H](O)[C@H](O)[C@@H]4O)c2-c2cc3ccc2O)O[C@H](CO)[C@@H](O)[C@@H]1O. The van der Waals surface area contributed by atoms with Gasteiger partial charge in [0, 0.05) is 54.3 Å². The summed E-state index contributed by atoms with van der Waals surface area (Å²) in [6.07, 6.45) is -27.2. The van der Waals surface area contributed by atoms with Gasteiger partial charge in [0.15, 0.2) is 41.4 Å². The van der Waals surface area contributed by atoms with Crippen molar-refractivity contribution in [1.29, 1.82) is 0 Å². The lowest BCUT2D eigenvalue weighted by atomic mass is 9.89. The summed E-state index contributed by atoms with van der Waals surface area (Å²) in [5.41, 5.74) is 2.84. The zero-order valence-corrected chi connectivity index (χ0v) is 75.4. The van der Waals surface area contributed by atoms with Gasteiger partial charge in [-0.3, -0.25) is 43.2 Å². The largest absolute Gasteiger partial charge is 0.508 e. The van der Waals surface area contributed by atoms with E-state index in [9.17, 15) is 95.5 Å². The van der Waals surface area contributed by atoms with Crippen LogP contribution in [0.15, 0.2) is 146 Å². The molecule has 9 aliphatic rings. The number of amides is 9. The van der Waals surface area contributed by atoms with Gasteiger partial charge in [0.2, 0.25) is 65.6 Å². The van der Waals surface area contributed by atoms with Crippen LogP contribution in [0.25, 0.3) is 11.1 Å². The highest BCUT2D eigenvalue weighted by molar-refractivity contribution is 6.32. The monoisotopic (exact) mass is 1970 g/mol. The second kappa shape index (κ2) is 42.6. The molecule has 0 radical (unpaired) electrons. The van der Waals surface area contributed by atoms with Crippen LogP contribution in [0.3, 0.4) is 0 Å². The number of anilines is 1. The number of aliphatic carboxylic acids is 1. The molecule has 8 aromatic carbocycles. The molecule has 9 aliphatic heterocycles. The Bertz CT molecular complexity index is 6030. The third-order valence-corrected chi connectivity index (χ3v) is 25.0. The number of nitrogens with one attached hydrogen (secondary N) is 9. The number of halogens is 2. The number of ether oxygens (including phenoxy) is 9. The number of benzene rings is 8. The average Bonchev–Trinajstić information content (AvgIpc) is 0.771. The van der Waals surface area contributed by atoms with Crippen LogP contribution in [-0.2, 0) is 73.3 Å². The first-order chi connectivity index (χ1) is 66.3. The molecule has 3 saturated heterocycles. The summed E-state index contributed by atoms with van der Waals surface area (Å²) in [5, 5.41) is 184. The van der Waals surface area contributed by atoms with Crippen LogP contribution < -0.4 is 77.3 Å². The van der Waals surface area contributed by atoms with Gasteiger partial charge in [-0.15, -0.1) is 0 Å². The molecule has 0 aromatic heterocycles. The van der Waals surface area contributed by atoms with E-state index in [4.69, 9.17) is 71.6 Å². The number of hydrogen-bond donors (Lipinski definition) is 24. The van der Waals surface area contributed by atoms with Gasteiger partial charge in [0.1, 0.15) is 150 Å². The number of phenolic OH excluding ortho intramolecular Hbond substituents is 4. The van der Waals surface area contributed by atoms with E-state index in [0.717, 1.165) is 111 Å². The fourth-order valence-electron chi connectivity index (χ4n) is 17.2. The van der Waals surface area contributed by atoms with Gasteiger partial charge in [-0.05, 0) is 137 Å². The number of fused-ring (bicyclic) bond motifs is 14. The number of aliphatic hydroxyl groups is 9. The summed E-state index contributed by atoms with van der Waals surface area (Å²) in [6.45, 7) is 2.95. The Morgan fingerprint density at radius 1 is 0.511 bits per heavy atom. The molecule has 23 atom stereocenters. The normalized spacial score (nSPS) is 28.0. The number of carboxylic acids is 1. The molecule has 0 spiro atoms. The average molecular weight is 1970 g/mol. The number of carboxylic acid groups (broad SMARTS) is 1. The Morgan fingerprint density at radius 2 is 1.10 bits per heavy atom. The van der Waals surface area contributed by atoms with Crippen molar-refractivity contribution >= 4 is 88.0 Å². The van der Waals surface area contributed by atoms with Crippen LogP contribution in [0.2, 0.25) is 10.0 Å². The number of aromatic hydroxyl groups is 4. The van der Waals surface area contributed by atoms with Crippen molar-refractivity contribution in [3.63, 3.8) is 0 Å². The highest BCUT2D eigenvalue weighted by Gasteiger charge is 2.53. The Kier molecular flexibility index (Phi) is 30.7. The number of nitrogens with two attached hydrogens (primary N) is 1. The van der Waals surface area contributed by atoms with E-state index in [1.807, 2.05) is 0 Å². The fourth-order valence-corrected chi connectivity index (χ4v) is 17.7. The highest BCUT2D eigenvalue weighted by Crippen LogP contribution is 2.51. The van der Waals surface area contributed by atoms with Crippen molar-refractivity contribution in [2.45, 2.75) is 206 Å². The standard InChI is InChI=1S/C94H100Cl2N10O33/c1-37(2)11-7-4-5-10-14-64(114)101-72-77(118)79(120)83(90(128)99-45-12-8-6-9-13-45)139-93(72)138-82-60-30-44-31-61(82)133-57-22-18-42(28-52(57)96)81(137-92-71(98-38(3)109)76(117)74(115)62(35-107)135-92)73-89(127)105-70(91(129)130)50-33-47(111)34-59(134-94-80(121)78(119)75(116)63(36-108)136-94)65(50)49-27-41(17-19-54(49)112)67(86(124)106-73)103-88(126)69(44)104-87(125)68-43-25-46(110)32-48(26-43)131-58-29-40(16-20-55(58)113)66(97)85(123)100-53(84(122)102-68)24-39-15-21-56(132-60)51(95)23-39/h6,8-9,12-13,15-23,25-34,37,53,62-63,66-81,83,92-94,107-108,110-113,115-121H,4-5,7,10-11,14,24,35-36,97H2,1-3H3,(H,98,109)(H,99,128)(H,100,123)(H,101,114)(H,102,122)(H,103,126)(H,104,125)(H,105,127)(H,106,124)(H,129,130)/t53-,62-,63-,66-,67-,68+,69-,70+,71-,72-,73+,74-,75-,76-,77-,78+,79+,80+,81-,83+,92+,93-,94+/m1/s1. The van der Waals surface area contributed by atoms with Crippen LogP contribution >= 0.6 is 23.2 Å². The lowest BCUT2D eigenvalue weighted by molar-refractivity contribution is -0.284. The zero-order valence-electron chi connectivity index (χ0n) is 73.9. The van der Waals surface area contributed by atoms with Crippen molar-refractivity contribution in [2.24, 2.45) is 11.7 Å². The van der Waals surface area contributed by atoms with Crippen LogP contribution in [0, 0.1) is 5.92 Å². The van der Waals surface area contributed by atoms with Crippen LogP contribution in [0.5, 0.6) is 69.0 Å². The maximum Gasteiger partial charge on any atom is 0.330 e. The topological polar surface area (TPSA) is 671 Å². The van der Waals surface area contributed by atoms with Crippen molar-refractivity contribution in [2.75, 3.05) is 18.5 Å². The second-order valence-corrected chi connectivity index (χ2v) is 35.6. The van der Waals surface area contributed by atoms with Crippen LogP contribution in [-0.4, -0.2) is 248 Å². The number of carbonyl (C=O) groups excluding carboxylic acids is 9. The van der Waals surface area contributed by atoms with Gasteiger partial charge in [0.05, 0.1) is 23.3 Å². The molecular weight excluding hydrogens is 1870 g/mol. The number of rotatable bonds is 20. The molecule has 17 bridgehead atoms. The summed E-state index contributed by atoms with van der Waals surface area (Å²) >= 11 is 14.9. The summed E-state index contributed by atoms with van der Waals surface area (Å²) in [6, 6.07) is 7.97. The lowest BCUT2D eigenvalue weighted by Crippen LogP contribution is -2.66. The van der Waals surface area contributed by atoms with E-state index in [-0.39, 0.29) is 45.5 Å². The molecule has 9 heterocycles. The lowest BCUT2D eigenvalue weighted by Gasteiger charge is -2.44. The van der Waals surface area contributed by atoms with Crippen molar-refractivity contribution in [3.05, 3.63) is 195 Å². The number of aliphatic hydroxyl groups excluding tert-OH is 9. The third kappa shape index (κ3) is 22.1. The molecule has 139 heavy (non-hydrogen) atoms. The van der Waals surface area contributed by atoms with Crippen LogP contribution in [0.4, 0.5) is 5.69 Å².